The van der Waals surface area contributed by atoms with E-state index in [9.17, 15) is 14.9 Å². The third-order valence-electron chi connectivity index (χ3n) is 6.54. The van der Waals surface area contributed by atoms with Gasteiger partial charge >= 0.3 is 6.03 Å². The lowest BCUT2D eigenvalue weighted by Crippen LogP contribution is -2.46. The molecule has 1 aromatic carbocycles. The summed E-state index contributed by atoms with van der Waals surface area (Å²) in [7, 11) is 4.02. The van der Waals surface area contributed by atoms with Crippen LogP contribution in [-0.2, 0) is 12.8 Å². The van der Waals surface area contributed by atoms with Crippen molar-refractivity contribution in [1.29, 1.82) is 0 Å². The van der Waals surface area contributed by atoms with E-state index in [0.717, 1.165) is 56.5 Å². The molecule has 3 N–H and O–H groups in total. The van der Waals surface area contributed by atoms with E-state index < -0.39 is 11.0 Å². The molecule has 0 spiro atoms. The molecule has 176 valence electrons. The predicted octanol–water partition coefficient (Wildman–Crippen LogP) is 3.64. The number of anilines is 3. The fraction of sp³-hybridized carbons (Fsp3) is 0.522. The fourth-order valence-corrected chi connectivity index (χ4v) is 4.94. The molecule has 0 atom stereocenters. The number of rotatable bonds is 6. The quantitative estimate of drug-likeness (QED) is 0.504. The minimum absolute atomic E-state index is 0.0599. The number of aromatic nitrogens is 2. The monoisotopic (exact) mass is 453 g/mol. The Kier molecular flexibility index (Phi) is 6.62. The van der Waals surface area contributed by atoms with E-state index in [4.69, 9.17) is 15.7 Å². The number of aryl methyl sites for hydroxylation is 1. The number of amides is 2. The molecule has 2 aromatic rings. The standard InChI is InChI=1S/C23H31N7O3/c1-28(2)21-19-8-3-4-9-20(19)26-23(27-21)25-15-10-12-16(13-11-15)29(22(24)31)17-6-5-7-18(14-17)30(32)33/h5-7,14-16H,3-4,8-13H2,1-2H3,(H2,24,31)(H,25,26,27). The number of primary amides is 1. The Morgan fingerprint density at radius 1 is 1.15 bits per heavy atom. The molecular formula is C23H31N7O3. The second-order valence-corrected chi connectivity index (χ2v) is 9.03. The number of nitrogens with zero attached hydrogens (tertiary/aromatic N) is 5. The summed E-state index contributed by atoms with van der Waals surface area (Å²) in [5.41, 5.74) is 8.47. The van der Waals surface area contributed by atoms with E-state index in [2.05, 4.69) is 10.2 Å². The van der Waals surface area contributed by atoms with Gasteiger partial charge in [-0.1, -0.05) is 6.07 Å². The van der Waals surface area contributed by atoms with E-state index in [1.807, 2.05) is 14.1 Å². The molecule has 33 heavy (non-hydrogen) atoms. The Morgan fingerprint density at radius 2 is 1.88 bits per heavy atom. The van der Waals surface area contributed by atoms with Gasteiger partial charge in [-0.3, -0.25) is 15.0 Å². The maximum Gasteiger partial charge on any atom is 0.319 e. The molecule has 2 aliphatic carbocycles. The van der Waals surface area contributed by atoms with Gasteiger partial charge in [0.1, 0.15) is 5.82 Å². The van der Waals surface area contributed by atoms with Crippen molar-refractivity contribution < 1.29 is 9.72 Å². The number of nitrogens with one attached hydrogen (secondary N) is 1. The van der Waals surface area contributed by atoms with Gasteiger partial charge in [0.05, 0.1) is 16.3 Å². The Hall–Kier alpha value is -3.43. The smallest absolute Gasteiger partial charge is 0.319 e. The SMILES string of the molecule is CN(C)c1nc(NC2CCC(N(C(N)=O)c3cccc([N+](=O)[O-])c3)CC2)nc2c1CCCC2. The van der Waals surface area contributed by atoms with Crippen molar-refractivity contribution in [2.24, 2.45) is 5.73 Å². The summed E-state index contributed by atoms with van der Waals surface area (Å²) >= 11 is 0. The number of carbonyl (C=O) groups is 1. The van der Waals surface area contributed by atoms with Crippen LogP contribution in [0.5, 0.6) is 0 Å². The zero-order valence-electron chi connectivity index (χ0n) is 19.2. The molecule has 0 radical (unpaired) electrons. The van der Waals surface area contributed by atoms with Crippen molar-refractivity contribution >= 4 is 29.2 Å². The zero-order valence-corrected chi connectivity index (χ0v) is 19.2. The van der Waals surface area contributed by atoms with Crippen LogP contribution in [-0.4, -0.2) is 47.1 Å². The lowest BCUT2D eigenvalue weighted by Gasteiger charge is -2.36. The highest BCUT2D eigenvalue weighted by molar-refractivity contribution is 5.91. The topological polar surface area (TPSA) is 131 Å². The number of urea groups is 1. The van der Waals surface area contributed by atoms with Gasteiger partial charge < -0.3 is 16.0 Å². The largest absolute Gasteiger partial charge is 0.362 e. The minimum atomic E-state index is -0.597. The van der Waals surface area contributed by atoms with Gasteiger partial charge in [-0.15, -0.1) is 0 Å². The van der Waals surface area contributed by atoms with Crippen LogP contribution in [0.2, 0.25) is 0 Å². The first kappa shape index (κ1) is 22.8. The third-order valence-corrected chi connectivity index (χ3v) is 6.54. The summed E-state index contributed by atoms with van der Waals surface area (Å²) in [5, 5.41) is 14.6. The van der Waals surface area contributed by atoms with Gasteiger partial charge in [-0.25, -0.2) is 9.78 Å². The molecule has 0 saturated heterocycles. The van der Waals surface area contributed by atoms with Crippen molar-refractivity contribution in [3.63, 3.8) is 0 Å². The molecular weight excluding hydrogens is 422 g/mol. The number of carbonyl (C=O) groups excluding carboxylic acids is 1. The van der Waals surface area contributed by atoms with E-state index in [1.54, 1.807) is 12.1 Å². The highest BCUT2D eigenvalue weighted by Gasteiger charge is 2.30. The highest BCUT2D eigenvalue weighted by Crippen LogP contribution is 2.32. The zero-order chi connectivity index (χ0) is 23.5. The summed E-state index contributed by atoms with van der Waals surface area (Å²) in [6.07, 6.45) is 7.44. The van der Waals surface area contributed by atoms with Gasteiger partial charge in [-0.2, -0.15) is 4.98 Å². The average molecular weight is 454 g/mol. The number of nitro benzene ring substituents is 1. The lowest BCUT2D eigenvalue weighted by molar-refractivity contribution is -0.384. The number of hydrogen-bond donors (Lipinski definition) is 2. The van der Waals surface area contributed by atoms with E-state index in [1.165, 1.54) is 29.0 Å². The maximum absolute atomic E-state index is 12.2. The molecule has 0 bridgehead atoms. The van der Waals surface area contributed by atoms with E-state index in [0.29, 0.717) is 11.6 Å². The molecule has 10 nitrogen and oxygen atoms in total. The molecule has 1 fully saturated rings. The molecule has 1 heterocycles. The second-order valence-electron chi connectivity index (χ2n) is 9.03. The van der Waals surface area contributed by atoms with Crippen LogP contribution in [0.25, 0.3) is 0 Å². The number of fused-ring (bicyclic) bond motifs is 1. The summed E-state index contributed by atoms with van der Waals surface area (Å²) in [6, 6.07) is 5.56. The van der Waals surface area contributed by atoms with Crippen molar-refractivity contribution in [2.75, 3.05) is 29.2 Å². The molecule has 2 aliphatic rings. The minimum Gasteiger partial charge on any atom is -0.362 e. The highest BCUT2D eigenvalue weighted by atomic mass is 16.6. The Labute approximate surface area is 193 Å². The Balaban J connectivity index is 1.45. The maximum atomic E-state index is 12.2. The molecule has 10 heteroatoms. The Bertz CT molecular complexity index is 1030. The lowest BCUT2D eigenvalue weighted by atomic mass is 9.90. The first-order valence-corrected chi connectivity index (χ1v) is 11.5. The third kappa shape index (κ3) is 4.99. The second kappa shape index (κ2) is 9.60. The number of benzene rings is 1. The van der Waals surface area contributed by atoms with Gasteiger partial charge in [-0.05, 0) is 57.4 Å². The molecule has 2 amide bonds. The van der Waals surface area contributed by atoms with Gasteiger partial charge in [0.2, 0.25) is 5.95 Å². The van der Waals surface area contributed by atoms with Crippen molar-refractivity contribution in [3.8, 4) is 0 Å². The first-order chi connectivity index (χ1) is 15.8. The summed E-state index contributed by atoms with van der Waals surface area (Å²) in [4.78, 5) is 36.0. The van der Waals surface area contributed by atoms with Crippen molar-refractivity contribution in [3.05, 3.63) is 45.6 Å². The Morgan fingerprint density at radius 3 is 2.55 bits per heavy atom. The fourth-order valence-electron chi connectivity index (χ4n) is 4.94. The van der Waals surface area contributed by atoms with Crippen LogP contribution in [0, 0.1) is 10.1 Å². The molecule has 0 aliphatic heterocycles. The number of nitrogens with two attached hydrogens (primary N) is 1. The van der Waals surface area contributed by atoms with Crippen LogP contribution in [0.1, 0.15) is 49.8 Å². The van der Waals surface area contributed by atoms with Crippen LogP contribution in [0.4, 0.5) is 27.9 Å². The summed E-state index contributed by atoms with van der Waals surface area (Å²) in [6.45, 7) is 0. The summed E-state index contributed by atoms with van der Waals surface area (Å²) < 4.78 is 0. The van der Waals surface area contributed by atoms with Crippen molar-refractivity contribution in [1.82, 2.24) is 9.97 Å². The first-order valence-electron chi connectivity index (χ1n) is 11.5. The molecule has 1 aromatic heterocycles. The number of non-ortho nitro benzene ring substituents is 1. The van der Waals surface area contributed by atoms with Crippen LogP contribution in [0.15, 0.2) is 24.3 Å². The predicted molar refractivity (Wildman–Crippen MR) is 128 cm³/mol. The van der Waals surface area contributed by atoms with Crippen molar-refractivity contribution in [2.45, 2.75) is 63.5 Å². The number of hydrogen-bond acceptors (Lipinski definition) is 7. The number of nitro groups is 1. The van der Waals surface area contributed by atoms with Gasteiger partial charge in [0.25, 0.3) is 5.69 Å². The van der Waals surface area contributed by atoms with Crippen LogP contribution in [0.3, 0.4) is 0 Å². The van der Waals surface area contributed by atoms with Gasteiger partial charge in [0.15, 0.2) is 0 Å². The van der Waals surface area contributed by atoms with E-state index >= 15 is 0 Å². The molecule has 4 rings (SSSR count). The van der Waals surface area contributed by atoms with E-state index in [-0.39, 0.29) is 17.8 Å². The molecule has 0 unspecified atom stereocenters. The average Bonchev–Trinajstić information content (AvgIpc) is 2.79. The van der Waals surface area contributed by atoms with Gasteiger partial charge in [0, 0.05) is 43.9 Å². The molecule has 1 saturated carbocycles. The van der Waals surface area contributed by atoms with Crippen LogP contribution < -0.4 is 20.9 Å². The van der Waals surface area contributed by atoms with Crippen LogP contribution >= 0.6 is 0 Å². The summed E-state index contributed by atoms with van der Waals surface area (Å²) in [5.74, 6) is 1.65. The normalized spacial score (nSPS) is 19.9.